The molecular weight excluding hydrogens is 276 g/mol. The van der Waals surface area contributed by atoms with Crippen LogP contribution in [0, 0.1) is 11.8 Å². The van der Waals surface area contributed by atoms with Gasteiger partial charge >= 0.3 is 0 Å². The first kappa shape index (κ1) is 11.8. The Hall–Kier alpha value is -2.02. The molecule has 0 radical (unpaired) electrons. The fourth-order valence-electron chi connectivity index (χ4n) is 2.97. The van der Waals surface area contributed by atoms with E-state index in [1.807, 2.05) is 11.0 Å². The molecule has 4 rings (SSSR count). The van der Waals surface area contributed by atoms with Crippen molar-refractivity contribution in [2.75, 3.05) is 25.0 Å². The van der Waals surface area contributed by atoms with Crippen molar-refractivity contribution in [3.8, 4) is 0 Å². The zero-order valence-electron chi connectivity index (χ0n) is 10.8. The van der Waals surface area contributed by atoms with Crippen molar-refractivity contribution in [2.24, 2.45) is 11.8 Å². The molecule has 2 amide bonds. The van der Waals surface area contributed by atoms with Gasteiger partial charge < -0.3 is 4.90 Å². The van der Waals surface area contributed by atoms with E-state index in [-0.39, 0.29) is 23.7 Å². The first-order chi connectivity index (χ1) is 9.65. The summed E-state index contributed by atoms with van der Waals surface area (Å²) in [7, 11) is 1.57. The first-order valence-corrected chi connectivity index (χ1v) is 7.23. The minimum atomic E-state index is -0.211. The molecule has 2 atom stereocenters. The number of hydrogen-bond donors (Lipinski definition) is 0. The summed E-state index contributed by atoms with van der Waals surface area (Å²) in [5, 5.41) is 0.866. The first-order valence-electron chi connectivity index (χ1n) is 6.42. The van der Waals surface area contributed by atoms with Crippen molar-refractivity contribution >= 4 is 38.5 Å². The molecule has 2 aliphatic heterocycles. The summed E-state index contributed by atoms with van der Waals surface area (Å²) in [5.74, 6) is -0.550. The Kier molecular flexibility index (Phi) is 2.35. The fourth-order valence-corrected chi connectivity index (χ4v) is 3.92. The van der Waals surface area contributed by atoms with Gasteiger partial charge in [-0.3, -0.25) is 19.5 Å². The number of nitrogens with zero attached hydrogens (tertiary/aromatic N) is 4. The molecule has 0 bridgehead atoms. The van der Waals surface area contributed by atoms with E-state index in [4.69, 9.17) is 0 Å². The molecule has 0 N–H and O–H groups in total. The number of anilines is 1. The Morgan fingerprint density at radius 3 is 2.60 bits per heavy atom. The Bertz CT molecular complexity index is 671. The summed E-state index contributed by atoms with van der Waals surface area (Å²) < 4.78 is 1.07. The third-order valence-electron chi connectivity index (χ3n) is 4.06. The van der Waals surface area contributed by atoms with Gasteiger partial charge in [-0.2, -0.15) is 0 Å². The van der Waals surface area contributed by atoms with Gasteiger partial charge in [-0.15, -0.1) is 0 Å². The highest BCUT2D eigenvalue weighted by molar-refractivity contribution is 7.22. The van der Waals surface area contributed by atoms with Gasteiger partial charge in [-0.25, -0.2) is 4.98 Å². The van der Waals surface area contributed by atoms with Crippen LogP contribution in [0.25, 0.3) is 10.2 Å². The lowest BCUT2D eigenvalue weighted by molar-refractivity contribution is -0.138. The summed E-state index contributed by atoms with van der Waals surface area (Å²) in [6.07, 6.45) is 3.47. The van der Waals surface area contributed by atoms with Crippen molar-refractivity contribution in [3.05, 3.63) is 18.5 Å². The van der Waals surface area contributed by atoms with E-state index in [2.05, 4.69) is 9.97 Å². The van der Waals surface area contributed by atoms with Crippen LogP contribution in [0.2, 0.25) is 0 Å². The molecule has 2 aliphatic rings. The standard InChI is InChI=1S/C13H12N4O2S/c1-16-11(18)7-5-17(6-8(7)12(16)19)13-15-9-4-14-3-2-10(9)20-13/h2-4,7-8H,5-6H2,1H3. The molecule has 2 saturated heterocycles. The minimum absolute atomic E-state index is 0.0646. The smallest absolute Gasteiger partial charge is 0.234 e. The van der Waals surface area contributed by atoms with Gasteiger partial charge in [0.2, 0.25) is 11.8 Å². The van der Waals surface area contributed by atoms with Crippen LogP contribution in [-0.4, -0.2) is 46.8 Å². The fraction of sp³-hybridized carbons (Fsp3) is 0.385. The number of pyridine rings is 1. The summed E-state index contributed by atoms with van der Waals surface area (Å²) in [4.78, 5) is 35.9. The summed E-state index contributed by atoms with van der Waals surface area (Å²) in [6.45, 7) is 1.15. The Morgan fingerprint density at radius 2 is 1.95 bits per heavy atom. The second kappa shape index (κ2) is 3.99. The number of carbonyl (C=O) groups excluding carboxylic acids is 2. The van der Waals surface area contributed by atoms with E-state index >= 15 is 0 Å². The number of thiazole rings is 1. The maximum absolute atomic E-state index is 12.0. The maximum Gasteiger partial charge on any atom is 0.234 e. The minimum Gasteiger partial charge on any atom is -0.346 e. The molecule has 4 heterocycles. The highest BCUT2D eigenvalue weighted by Crippen LogP contribution is 2.37. The van der Waals surface area contributed by atoms with Crippen molar-refractivity contribution in [1.29, 1.82) is 0 Å². The van der Waals surface area contributed by atoms with Gasteiger partial charge in [-0.05, 0) is 6.07 Å². The summed E-state index contributed by atoms with van der Waals surface area (Å²) in [6, 6.07) is 1.93. The third-order valence-corrected chi connectivity index (χ3v) is 5.16. The zero-order chi connectivity index (χ0) is 13.9. The second-order valence-corrected chi connectivity index (χ2v) is 6.20. The largest absolute Gasteiger partial charge is 0.346 e. The predicted octanol–water partition coefficient (Wildman–Crippen LogP) is 0.742. The zero-order valence-corrected chi connectivity index (χ0v) is 11.6. The molecule has 0 aromatic carbocycles. The monoisotopic (exact) mass is 288 g/mol. The molecular formula is C13H12N4O2S. The van der Waals surface area contributed by atoms with E-state index in [0.717, 1.165) is 15.3 Å². The van der Waals surface area contributed by atoms with Gasteiger partial charge in [0.15, 0.2) is 5.13 Å². The molecule has 2 aromatic rings. The van der Waals surface area contributed by atoms with Crippen LogP contribution in [0.4, 0.5) is 5.13 Å². The molecule has 2 unspecified atom stereocenters. The van der Waals surface area contributed by atoms with Crippen LogP contribution in [0.5, 0.6) is 0 Å². The number of aromatic nitrogens is 2. The second-order valence-electron chi connectivity index (χ2n) is 5.19. The Labute approximate surface area is 119 Å². The normalized spacial score (nSPS) is 25.9. The van der Waals surface area contributed by atoms with Gasteiger partial charge in [-0.1, -0.05) is 11.3 Å². The van der Waals surface area contributed by atoms with Crippen LogP contribution in [0.15, 0.2) is 18.5 Å². The number of rotatable bonds is 1. The van der Waals surface area contributed by atoms with Crippen LogP contribution in [-0.2, 0) is 9.59 Å². The molecule has 0 saturated carbocycles. The van der Waals surface area contributed by atoms with Crippen molar-refractivity contribution in [1.82, 2.24) is 14.9 Å². The van der Waals surface area contributed by atoms with Crippen LogP contribution in [0.3, 0.4) is 0 Å². The van der Waals surface area contributed by atoms with Crippen molar-refractivity contribution < 1.29 is 9.59 Å². The van der Waals surface area contributed by atoms with E-state index in [0.29, 0.717) is 13.1 Å². The highest BCUT2D eigenvalue weighted by Gasteiger charge is 2.51. The number of imide groups is 1. The van der Waals surface area contributed by atoms with Crippen LogP contribution < -0.4 is 4.90 Å². The van der Waals surface area contributed by atoms with Crippen LogP contribution >= 0.6 is 11.3 Å². The molecule has 0 aliphatic carbocycles. The Balaban J connectivity index is 1.66. The van der Waals surface area contributed by atoms with E-state index < -0.39 is 0 Å². The predicted molar refractivity (Wildman–Crippen MR) is 74.4 cm³/mol. The SMILES string of the molecule is CN1C(=O)C2CN(c3nc4cnccc4s3)CC2C1=O. The molecule has 20 heavy (non-hydrogen) atoms. The molecule has 6 nitrogen and oxygen atoms in total. The molecule has 7 heteroatoms. The van der Waals surface area contributed by atoms with Gasteiger partial charge in [0.25, 0.3) is 0 Å². The number of hydrogen-bond acceptors (Lipinski definition) is 6. The molecule has 0 spiro atoms. The number of amides is 2. The van der Waals surface area contributed by atoms with E-state index in [1.54, 1.807) is 30.8 Å². The summed E-state index contributed by atoms with van der Waals surface area (Å²) >= 11 is 1.58. The quantitative estimate of drug-likeness (QED) is 0.724. The summed E-state index contributed by atoms with van der Waals surface area (Å²) in [5.41, 5.74) is 0.860. The van der Waals surface area contributed by atoms with E-state index in [9.17, 15) is 9.59 Å². The van der Waals surface area contributed by atoms with Crippen LogP contribution in [0.1, 0.15) is 0 Å². The number of fused-ring (bicyclic) bond motifs is 2. The molecule has 2 fully saturated rings. The van der Waals surface area contributed by atoms with Crippen molar-refractivity contribution in [2.45, 2.75) is 0 Å². The van der Waals surface area contributed by atoms with Gasteiger partial charge in [0, 0.05) is 26.3 Å². The van der Waals surface area contributed by atoms with E-state index in [1.165, 1.54) is 4.90 Å². The van der Waals surface area contributed by atoms with Gasteiger partial charge in [0.05, 0.1) is 22.7 Å². The lowest BCUT2D eigenvalue weighted by Crippen LogP contribution is -2.33. The average molecular weight is 288 g/mol. The van der Waals surface area contributed by atoms with Crippen molar-refractivity contribution in [3.63, 3.8) is 0 Å². The third kappa shape index (κ3) is 1.49. The molecule has 2 aromatic heterocycles. The number of likely N-dealkylation sites (tertiary alicyclic amines) is 1. The lowest BCUT2D eigenvalue weighted by atomic mass is 10.00. The molecule has 102 valence electrons. The number of carbonyl (C=O) groups is 2. The maximum atomic E-state index is 12.0. The average Bonchev–Trinajstić information content (AvgIpc) is 3.11. The van der Waals surface area contributed by atoms with Gasteiger partial charge in [0.1, 0.15) is 5.52 Å². The topological polar surface area (TPSA) is 66.4 Å². The Morgan fingerprint density at radius 1 is 1.25 bits per heavy atom. The highest BCUT2D eigenvalue weighted by atomic mass is 32.1. The lowest BCUT2D eigenvalue weighted by Gasteiger charge is -2.17.